The fourth-order valence-electron chi connectivity index (χ4n) is 3.13. The first-order valence-electron chi connectivity index (χ1n) is 9.14. The van der Waals surface area contributed by atoms with Gasteiger partial charge in [0.05, 0.1) is 32.1 Å². The van der Waals surface area contributed by atoms with Crippen molar-refractivity contribution in [2.24, 2.45) is 5.73 Å². The topological polar surface area (TPSA) is 108 Å². The van der Waals surface area contributed by atoms with E-state index in [1.807, 2.05) is 19.1 Å². The second kappa shape index (κ2) is 7.84. The van der Waals surface area contributed by atoms with Crippen LogP contribution in [0.3, 0.4) is 0 Å². The summed E-state index contributed by atoms with van der Waals surface area (Å²) in [6.07, 6.45) is 3.50. The third-order valence-corrected chi connectivity index (χ3v) is 4.54. The normalized spacial score (nSPS) is 12.3. The highest BCUT2D eigenvalue weighted by molar-refractivity contribution is 5.59. The Morgan fingerprint density at radius 2 is 2.14 bits per heavy atom. The summed E-state index contributed by atoms with van der Waals surface area (Å²) in [5.74, 6) is 0.882. The van der Waals surface area contributed by atoms with Crippen LogP contribution in [0.25, 0.3) is 17.0 Å². The summed E-state index contributed by atoms with van der Waals surface area (Å²) < 4.78 is 22.4. The lowest BCUT2D eigenvalue weighted by Crippen LogP contribution is -2.11. The van der Waals surface area contributed by atoms with Crippen molar-refractivity contribution in [3.8, 4) is 17.1 Å². The van der Waals surface area contributed by atoms with Gasteiger partial charge in [-0.05, 0) is 37.3 Å². The summed E-state index contributed by atoms with van der Waals surface area (Å²) in [4.78, 5) is 4.37. The number of ether oxygens (including phenoxy) is 1. The molecule has 3 N–H and O–H groups in total. The highest BCUT2D eigenvalue weighted by Gasteiger charge is 2.15. The molecule has 150 valence electrons. The molecule has 0 saturated carbocycles. The molecule has 1 aromatic carbocycles. The number of nitrogens with one attached hydrogen (secondary N) is 1. The minimum Gasteiger partial charge on any atom is -0.496 e. The molecule has 0 amide bonds. The Morgan fingerprint density at radius 3 is 2.93 bits per heavy atom. The third kappa shape index (κ3) is 3.74. The van der Waals surface area contributed by atoms with Crippen molar-refractivity contribution in [2.45, 2.75) is 19.5 Å². The number of rotatable bonds is 7. The molecular weight excluding hydrogens is 375 g/mol. The second-order valence-corrected chi connectivity index (χ2v) is 6.54. The van der Waals surface area contributed by atoms with Crippen molar-refractivity contribution in [1.29, 1.82) is 0 Å². The maximum Gasteiger partial charge on any atom is 0.154 e. The Balaban J connectivity index is 1.64. The first kappa shape index (κ1) is 18.8. The largest absolute Gasteiger partial charge is 0.496 e. The van der Waals surface area contributed by atoms with Crippen LogP contribution in [0.1, 0.15) is 18.5 Å². The number of imidazole rings is 1. The molecule has 10 heteroatoms. The van der Waals surface area contributed by atoms with Crippen LogP contribution < -0.4 is 15.8 Å². The summed E-state index contributed by atoms with van der Waals surface area (Å²) in [6, 6.07) is 7.86. The van der Waals surface area contributed by atoms with Crippen LogP contribution in [0.4, 0.5) is 10.2 Å². The molecule has 4 aromatic rings. The zero-order valence-corrected chi connectivity index (χ0v) is 16.1. The van der Waals surface area contributed by atoms with Crippen molar-refractivity contribution in [3.05, 3.63) is 54.1 Å². The number of hydrogen-bond donors (Lipinski definition) is 2. The van der Waals surface area contributed by atoms with E-state index in [4.69, 9.17) is 10.5 Å². The number of methoxy groups -OCH3 is 1. The number of fused-ring (bicyclic) bond motifs is 1. The van der Waals surface area contributed by atoms with Crippen molar-refractivity contribution >= 4 is 11.5 Å². The van der Waals surface area contributed by atoms with Crippen LogP contribution in [-0.4, -0.2) is 43.2 Å². The van der Waals surface area contributed by atoms with E-state index < -0.39 is 0 Å². The molecule has 0 aliphatic rings. The van der Waals surface area contributed by atoms with Crippen LogP contribution in [0.5, 0.6) is 5.75 Å². The lowest BCUT2D eigenvalue weighted by molar-refractivity contribution is 0.406. The second-order valence-electron chi connectivity index (χ2n) is 6.54. The van der Waals surface area contributed by atoms with Gasteiger partial charge in [0, 0.05) is 12.1 Å². The van der Waals surface area contributed by atoms with E-state index in [1.165, 1.54) is 12.1 Å². The van der Waals surface area contributed by atoms with Crippen molar-refractivity contribution in [2.75, 3.05) is 19.0 Å². The van der Waals surface area contributed by atoms with Crippen LogP contribution in [0, 0.1) is 5.82 Å². The van der Waals surface area contributed by atoms with Crippen molar-refractivity contribution < 1.29 is 9.13 Å². The zero-order chi connectivity index (χ0) is 20.4. The third-order valence-electron chi connectivity index (χ3n) is 4.54. The zero-order valence-electron chi connectivity index (χ0n) is 16.1. The van der Waals surface area contributed by atoms with Gasteiger partial charge in [-0.3, -0.25) is 4.68 Å². The molecule has 1 atom stereocenters. The average Bonchev–Trinajstić information content (AvgIpc) is 3.34. The summed E-state index contributed by atoms with van der Waals surface area (Å²) in [6.45, 7) is 2.97. The predicted octanol–water partition coefficient (Wildman–Crippen LogP) is 2.27. The molecule has 4 rings (SSSR count). The minimum absolute atomic E-state index is 0.233. The highest BCUT2D eigenvalue weighted by atomic mass is 19.1. The van der Waals surface area contributed by atoms with E-state index in [0.29, 0.717) is 47.3 Å². The van der Waals surface area contributed by atoms with Gasteiger partial charge in [0.15, 0.2) is 5.65 Å². The maximum atomic E-state index is 13.7. The molecule has 29 heavy (non-hydrogen) atoms. The van der Waals surface area contributed by atoms with Gasteiger partial charge in [0.25, 0.3) is 0 Å². The SMILES string of the molecule is COc1ccc(F)cc1[C@@H](C)Nc1ccc2ncc(-c3cn(CCN)nn3)n2n1. The van der Waals surface area contributed by atoms with E-state index in [9.17, 15) is 4.39 Å². The molecule has 0 radical (unpaired) electrons. The van der Waals surface area contributed by atoms with Crippen molar-refractivity contribution in [3.63, 3.8) is 0 Å². The Bertz CT molecular complexity index is 1140. The highest BCUT2D eigenvalue weighted by Crippen LogP contribution is 2.28. The first-order chi connectivity index (χ1) is 14.1. The summed E-state index contributed by atoms with van der Waals surface area (Å²) >= 11 is 0. The average molecular weight is 396 g/mol. The van der Waals surface area contributed by atoms with E-state index in [1.54, 1.807) is 34.8 Å². The lowest BCUT2D eigenvalue weighted by atomic mass is 10.1. The Kier molecular flexibility index (Phi) is 5.09. The van der Waals surface area contributed by atoms with Gasteiger partial charge < -0.3 is 15.8 Å². The predicted molar refractivity (Wildman–Crippen MR) is 106 cm³/mol. The van der Waals surface area contributed by atoms with Crippen molar-refractivity contribution in [1.82, 2.24) is 29.6 Å². The molecule has 3 aromatic heterocycles. The summed E-state index contributed by atoms with van der Waals surface area (Å²) in [5.41, 5.74) is 8.30. The molecular formula is C19H21FN8O. The Labute approximate surface area is 166 Å². The fraction of sp³-hybridized carbons (Fsp3) is 0.263. The minimum atomic E-state index is -0.324. The molecule has 0 saturated heterocycles. The molecule has 3 heterocycles. The molecule has 0 bridgehead atoms. The summed E-state index contributed by atoms with van der Waals surface area (Å²) in [5, 5.41) is 16.1. The number of nitrogens with two attached hydrogens (primary N) is 1. The van der Waals surface area contributed by atoms with Gasteiger partial charge in [0.2, 0.25) is 0 Å². The Hall–Kier alpha value is -3.53. The lowest BCUT2D eigenvalue weighted by Gasteiger charge is -2.18. The monoisotopic (exact) mass is 396 g/mol. The number of benzene rings is 1. The molecule has 9 nitrogen and oxygen atoms in total. The molecule has 0 spiro atoms. The summed E-state index contributed by atoms with van der Waals surface area (Å²) in [7, 11) is 1.56. The van der Waals surface area contributed by atoms with E-state index in [-0.39, 0.29) is 11.9 Å². The van der Waals surface area contributed by atoms with Crippen LogP contribution >= 0.6 is 0 Å². The molecule has 0 fully saturated rings. The first-order valence-corrected chi connectivity index (χ1v) is 9.14. The van der Waals surface area contributed by atoms with Gasteiger partial charge >= 0.3 is 0 Å². The molecule has 0 aliphatic heterocycles. The van der Waals surface area contributed by atoms with Crippen LogP contribution in [-0.2, 0) is 6.54 Å². The standard InChI is InChI=1S/C19H21FN8O/c1-12(14-9-13(20)3-4-17(14)29-2)23-18-5-6-19-22-10-16(28(19)25-18)15-11-27(8-7-21)26-24-15/h3-6,9-12H,7-8,21H2,1-2H3,(H,23,25)/t12-/m1/s1. The molecule has 0 aliphatic carbocycles. The fourth-order valence-corrected chi connectivity index (χ4v) is 3.13. The van der Waals surface area contributed by atoms with Gasteiger partial charge in [-0.25, -0.2) is 13.9 Å². The number of nitrogens with zero attached hydrogens (tertiary/aromatic N) is 6. The van der Waals surface area contributed by atoms with Gasteiger partial charge in [-0.1, -0.05) is 5.21 Å². The van der Waals surface area contributed by atoms with Crippen LogP contribution in [0.2, 0.25) is 0 Å². The Morgan fingerprint density at radius 1 is 1.28 bits per heavy atom. The van der Waals surface area contributed by atoms with E-state index >= 15 is 0 Å². The number of aromatic nitrogens is 6. The number of halogens is 1. The number of hydrogen-bond acceptors (Lipinski definition) is 7. The maximum absolute atomic E-state index is 13.7. The van der Waals surface area contributed by atoms with Gasteiger partial charge in [-0.15, -0.1) is 10.2 Å². The smallest absolute Gasteiger partial charge is 0.154 e. The number of anilines is 1. The van der Waals surface area contributed by atoms with Gasteiger partial charge in [0.1, 0.15) is 28.8 Å². The quantitative estimate of drug-likeness (QED) is 0.493. The van der Waals surface area contributed by atoms with E-state index in [0.717, 1.165) is 0 Å². The van der Waals surface area contributed by atoms with Crippen LogP contribution in [0.15, 0.2) is 42.7 Å². The van der Waals surface area contributed by atoms with Gasteiger partial charge in [-0.2, -0.15) is 0 Å². The van der Waals surface area contributed by atoms with E-state index in [2.05, 4.69) is 25.7 Å². The molecule has 0 unspecified atom stereocenters.